The molecule has 1 aromatic heterocycles. The van der Waals surface area contributed by atoms with Crippen LogP contribution in [0.2, 0.25) is 0 Å². The van der Waals surface area contributed by atoms with Crippen molar-refractivity contribution in [3.05, 3.63) is 36.4 Å². The van der Waals surface area contributed by atoms with Crippen molar-refractivity contribution >= 4 is 25.7 Å². The molecule has 0 spiro atoms. The number of rotatable bonds is 4. The summed E-state index contributed by atoms with van der Waals surface area (Å²) in [6.45, 7) is 0. The lowest BCUT2D eigenvalue weighted by Gasteiger charge is -2.13. The maximum absolute atomic E-state index is 11.7. The Labute approximate surface area is 135 Å². The van der Waals surface area contributed by atoms with Crippen LogP contribution < -0.4 is 4.72 Å². The van der Waals surface area contributed by atoms with E-state index >= 15 is 0 Å². The van der Waals surface area contributed by atoms with E-state index in [-0.39, 0.29) is 23.4 Å². The Morgan fingerprint density at radius 1 is 1.26 bits per heavy atom. The van der Waals surface area contributed by atoms with E-state index in [9.17, 15) is 16.8 Å². The van der Waals surface area contributed by atoms with Gasteiger partial charge in [-0.2, -0.15) is 5.10 Å². The summed E-state index contributed by atoms with van der Waals surface area (Å²) in [5, 5.41) is 4.44. The van der Waals surface area contributed by atoms with Crippen LogP contribution in [0.25, 0.3) is 11.3 Å². The number of hydrogen-bond donors (Lipinski definition) is 1. The third kappa shape index (κ3) is 3.73. The standard InChI is InChI=1S/C14H17N3O4S2/c1-22(18,19)16-14-9-13(11-5-3-2-4-6-11)15-17(14)12-7-8-23(20,21)10-12/h2-6,9,12,16H,7-8,10H2,1H3. The van der Waals surface area contributed by atoms with Crippen LogP contribution in [0.3, 0.4) is 0 Å². The number of sulfone groups is 1. The van der Waals surface area contributed by atoms with Crippen LogP contribution in [0.1, 0.15) is 12.5 Å². The third-order valence-corrected chi connectivity index (χ3v) is 5.98. The van der Waals surface area contributed by atoms with Gasteiger partial charge >= 0.3 is 0 Å². The number of aromatic nitrogens is 2. The Bertz CT molecular complexity index is 918. The first kappa shape index (κ1) is 16.0. The Morgan fingerprint density at radius 3 is 2.52 bits per heavy atom. The molecule has 0 saturated carbocycles. The summed E-state index contributed by atoms with van der Waals surface area (Å²) in [4.78, 5) is 0. The summed E-state index contributed by atoms with van der Waals surface area (Å²) in [6, 6.07) is 10.6. The molecule has 124 valence electrons. The molecule has 1 atom stereocenters. The zero-order valence-corrected chi connectivity index (χ0v) is 14.1. The second kappa shape index (κ2) is 5.64. The Hall–Kier alpha value is -1.87. The molecule has 1 saturated heterocycles. The molecule has 0 bridgehead atoms. The molecular weight excluding hydrogens is 338 g/mol. The fourth-order valence-corrected chi connectivity index (χ4v) is 4.88. The van der Waals surface area contributed by atoms with Crippen LogP contribution >= 0.6 is 0 Å². The maximum atomic E-state index is 11.7. The van der Waals surface area contributed by atoms with E-state index in [0.717, 1.165) is 11.8 Å². The third-order valence-electron chi connectivity index (χ3n) is 3.65. The van der Waals surface area contributed by atoms with E-state index in [1.54, 1.807) is 6.07 Å². The highest BCUT2D eigenvalue weighted by Crippen LogP contribution is 2.30. The van der Waals surface area contributed by atoms with Gasteiger partial charge in [0, 0.05) is 11.6 Å². The summed E-state index contributed by atoms with van der Waals surface area (Å²) in [6.07, 6.45) is 1.48. The minimum absolute atomic E-state index is 0.0264. The van der Waals surface area contributed by atoms with E-state index in [1.165, 1.54) is 4.68 Å². The predicted octanol–water partition coefficient (Wildman–Crippen LogP) is 1.28. The number of hydrogen-bond acceptors (Lipinski definition) is 5. The molecule has 1 N–H and O–H groups in total. The topological polar surface area (TPSA) is 98.1 Å². The first-order valence-corrected chi connectivity index (χ1v) is 10.8. The fourth-order valence-electron chi connectivity index (χ4n) is 2.66. The molecular formula is C14H17N3O4S2. The normalized spacial score (nSPS) is 20.5. The van der Waals surface area contributed by atoms with E-state index in [2.05, 4.69) is 9.82 Å². The maximum Gasteiger partial charge on any atom is 0.230 e. The van der Waals surface area contributed by atoms with Gasteiger partial charge in [0.25, 0.3) is 0 Å². The highest BCUT2D eigenvalue weighted by molar-refractivity contribution is 7.92. The molecule has 9 heteroatoms. The van der Waals surface area contributed by atoms with Crippen LogP contribution in [0.15, 0.2) is 36.4 Å². The lowest BCUT2D eigenvalue weighted by atomic mass is 10.2. The van der Waals surface area contributed by atoms with Crippen LogP contribution in [0, 0.1) is 0 Å². The van der Waals surface area contributed by atoms with Crippen LogP contribution in [-0.2, 0) is 19.9 Å². The highest BCUT2D eigenvalue weighted by atomic mass is 32.2. The molecule has 7 nitrogen and oxygen atoms in total. The minimum Gasteiger partial charge on any atom is -0.268 e. The van der Waals surface area contributed by atoms with Gasteiger partial charge in [0.1, 0.15) is 5.82 Å². The summed E-state index contributed by atoms with van der Waals surface area (Å²) in [7, 11) is -6.58. The van der Waals surface area contributed by atoms with Crippen molar-refractivity contribution in [3.8, 4) is 11.3 Å². The molecule has 2 heterocycles. The number of nitrogens with one attached hydrogen (secondary N) is 1. The SMILES string of the molecule is CS(=O)(=O)Nc1cc(-c2ccccc2)nn1C1CCS(=O)(=O)C1. The molecule has 1 aliphatic rings. The van der Waals surface area contributed by atoms with Crippen molar-refractivity contribution in [3.63, 3.8) is 0 Å². The summed E-state index contributed by atoms with van der Waals surface area (Å²) in [5.41, 5.74) is 1.43. The summed E-state index contributed by atoms with van der Waals surface area (Å²) < 4.78 is 50.5. The molecule has 0 radical (unpaired) electrons. The van der Waals surface area contributed by atoms with Gasteiger partial charge in [0.15, 0.2) is 9.84 Å². The largest absolute Gasteiger partial charge is 0.268 e. The van der Waals surface area contributed by atoms with E-state index in [4.69, 9.17) is 0 Å². The Balaban J connectivity index is 2.04. The van der Waals surface area contributed by atoms with Crippen molar-refractivity contribution < 1.29 is 16.8 Å². The van der Waals surface area contributed by atoms with Crippen molar-refractivity contribution in [2.24, 2.45) is 0 Å². The number of benzene rings is 1. The first-order chi connectivity index (χ1) is 10.7. The molecule has 23 heavy (non-hydrogen) atoms. The fraction of sp³-hybridized carbons (Fsp3) is 0.357. The first-order valence-electron chi connectivity index (χ1n) is 7.07. The van der Waals surface area contributed by atoms with Gasteiger partial charge < -0.3 is 0 Å². The average molecular weight is 355 g/mol. The molecule has 1 unspecified atom stereocenters. The van der Waals surface area contributed by atoms with E-state index in [0.29, 0.717) is 12.1 Å². The highest BCUT2D eigenvalue weighted by Gasteiger charge is 2.31. The van der Waals surface area contributed by atoms with E-state index < -0.39 is 19.9 Å². The molecule has 1 fully saturated rings. The lowest BCUT2D eigenvalue weighted by molar-refractivity contribution is 0.507. The van der Waals surface area contributed by atoms with Crippen LogP contribution in [0.4, 0.5) is 5.82 Å². The number of nitrogens with zero attached hydrogens (tertiary/aromatic N) is 2. The number of anilines is 1. The zero-order chi connectivity index (χ0) is 16.7. The van der Waals surface area contributed by atoms with Gasteiger partial charge in [-0.3, -0.25) is 4.72 Å². The second-order valence-corrected chi connectivity index (χ2v) is 9.63. The Kier molecular flexibility index (Phi) is 3.93. The lowest BCUT2D eigenvalue weighted by Crippen LogP contribution is -2.18. The van der Waals surface area contributed by atoms with Gasteiger partial charge in [-0.1, -0.05) is 30.3 Å². The van der Waals surface area contributed by atoms with Crippen molar-refractivity contribution in [1.82, 2.24) is 9.78 Å². The summed E-state index contributed by atoms with van der Waals surface area (Å²) in [5.74, 6) is 0.353. The van der Waals surface area contributed by atoms with Crippen LogP contribution in [-0.4, -0.2) is 44.4 Å². The molecule has 1 aromatic carbocycles. The Morgan fingerprint density at radius 2 is 1.96 bits per heavy atom. The molecule has 3 rings (SSSR count). The van der Waals surface area contributed by atoms with Gasteiger partial charge in [-0.25, -0.2) is 21.5 Å². The van der Waals surface area contributed by atoms with Gasteiger partial charge in [-0.05, 0) is 6.42 Å². The van der Waals surface area contributed by atoms with Crippen molar-refractivity contribution in [2.75, 3.05) is 22.5 Å². The van der Waals surface area contributed by atoms with Crippen molar-refractivity contribution in [1.29, 1.82) is 0 Å². The van der Waals surface area contributed by atoms with Gasteiger partial charge in [0.05, 0.1) is 29.5 Å². The monoisotopic (exact) mass is 355 g/mol. The molecule has 1 aliphatic heterocycles. The van der Waals surface area contributed by atoms with Crippen molar-refractivity contribution in [2.45, 2.75) is 12.5 Å². The average Bonchev–Trinajstić information content (AvgIpc) is 3.01. The quantitative estimate of drug-likeness (QED) is 0.891. The van der Waals surface area contributed by atoms with E-state index in [1.807, 2.05) is 30.3 Å². The van der Waals surface area contributed by atoms with Gasteiger partial charge in [0.2, 0.25) is 10.0 Å². The minimum atomic E-state index is -3.49. The molecule has 0 aliphatic carbocycles. The zero-order valence-electron chi connectivity index (χ0n) is 12.5. The molecule has 2 aromatic rings. The predicted molar refractivity (Wildman–Crippen MR) is 88.4 cm³/mol. The molecule has 0 amide bonds. The second-order valence-electron chi connectivity index (χ2n) is 5.66. The van der Waals surface area contributed by atoms with Gasteiger partial charge in [-0.15, -0.1) is 0 Å². The summed E-state index contributed by atoms with van der Waals surface area (Å²) >= 11 is 0. The number of sulfonamides is 1. The smallest absolute Gasteiger partial charge is 0.230 e. The van der Waals surface area contributed by atoms with Crippen LogP contribution in [0.5, 0.6) is 0 Å².